The third-order valence-electron chi connectivity index (χ3n) is 2.83. The minimum atomic E-state index is 0.860. The van der Waals surface area contributed by atoms with Crippen LogP contribution in [0, 0.1) is 13.8 Å². The van der Waals surface area contributed by atoms with Crippen LogP contribution < -0.4 is 5.73 Å². The monoisotopic (exact) mass is 261 g/mol. The van der Waals surface area contributed by atoms with Crippen molar-refractivity contribution in [1.29, 1.82) is 0 Å². The van der Waals surface area contributed by atoms with Gasteiger partial charge in [0.05, 0.1) is 5.69 Å². The number of hydrogen-bond acceptors (Lipinski definition) is 3. The van der Waals surface area contributed by atoms with Gasteiger partial charge in [0, 0.05) is 28.6 Å². The molecule has 0 aliphatic heterocycles. The van der Waals surface area contributed by atoms with E-state index in [9.17, 15) is 0 Å². The summed E-state index contributed by atoms with van der Waals surface area (Å²) < 4.78 is 2.05. The zero-order chi connectivity index (χ0) is 13.1. The maximum absolute atomic E-state index is 6.02. The van der Waals surface area contributed by atoms with Gasteiger partial charge in [0.1, 0.15) is 0 Å². The van der Waals surface area contributed by atoms with Crippen molar-refractivity contribution in [2.24, 2.45) is 0 Å². The summed E-state index contributed by atoms with van der Waals surface area (Å²) in [7, 11) is 0. The van der Waals surface area contributed by atoms with E-state index >= 15 is 0 Å². The van der Waals surface area contributed by atoms with Crippen LogP contribution in [0.15, 0.2) is 29.2 Å². The van der Waals surface area contributed by atoms with Crippen molar-refractivity contribution < 1.29 is 0 Å². The van der Waals surface area contributed by atoms with Crippen molar-refractivity contribution in [2.45, 2.75) is 38.0 Å². The van der Waals surface area contributed by atoms with E-state index in [1.807, 2.05) is 17.7 Å². The summed E-state index contributed by atoms with van der Waals surface area (Å²) in [5.74, 6) is 0.905. The highest BCUT2D eigenvalue weighted by atomic mass is 32.2. The van der Waals surface area contributed by atoms with Gasteiger partial charge in [-0.15, -0.1) is 11.8 Å². The van der Waals surface area contributed by atoms with Gasteiger partial charge in [0.2, 0.25) is 0 Å². The third-order valence-corrected chi connectivity index (χ3v) is 3.95. The van der Waals surface area contributed by atoms with E-state index in [0.29, 0.717) is 0 Å². The third kappa shape index (κ3) is 2.88. The van der Waals surface area contributed by atoms with E-state index in [2.05, 4.69) is 37.1 Å². The number of aryl methyl sites for hydroxylation is 3. The first-order valence-electron chi connectivity index (χ1n) is 6.12. The first kappa shape index (κ1) is 13.0. The second kappa shape index (κ2) is 5.48. The zero-order valence-corrected chi connectivity index (χ0v) is 11.9. The predicted octanol–water partition coefficient (Wildman–Crippen LogP) is 3.39. The molecule has 96 valence electrons. The van der Waals surface area contributed by atoms with Crippen LogP contribution in [0.4, 0.5) is 5.69 Å². The second-order valence-electron chi connectivity index (χ2n) is 4.42. The minimum absolute atomic E-state index is 0.860. The van der Waals surface area contributed by atoms with Crippen LogP contribution in [0.25, 0.3) is 0 Å². The summed E-state index contributed by atoms with van der Waals surface area (Å²) in [4.78, 5) is 1.14. The molecule has 1 aromatic heterocycles. The van der Waals surface area contributed by atoms with Crippen molar-refractivity contribution in [3.63, 3.8) is 0 Å². The highest BCUT2D eigenvalue weighted by Gasteiger charge is 2.06. The fourth-order valence-electron chi connectivity index (χ4n) is 1.94. The predicted molar refractivity (Wildman–Crippen MR) is 77.8 cm³/mol. The molecule has 0 atom stereocenters. The number of nitrogen functional groups attached to an aromatic ring is 1. The summed E-state index contributed by atoms with van der Waals surface area (Å²) in [6.45, 7) is 7.11. The molecule has 0 saturated carbocycles. The molecule has 18 heavy (non-hydrogen) atoms. The fourth-order valence-corrected chi connectivity index (χ4v) is 2.87. The van der Waals surface area contributed by atoms with Gasteiger partial charge in [0.25, 0.3) is 0 Å². The molecule has 0 saturated heterocycles. The maximum atomic E-state index is 6.02. The smallest absolute Gasteiger partial charge is 0.0596 e. The standard InChI is InChI=1S/C14H19N3S/c1-4-17-12(8-11(3)16-17)9-18-14-6-5-10(2)7-13(14)15/h5-8H,4,9,15H2,1-3H3. The van der Waals surface area contributed by atoms with E-state index < -0.39 is 0 Å². The lowest BCUT2D eigenvalue weighted by molar-refractivity contribution is 0.632. The largest absolute Gasteiger partial charge is 0.398 e. The van der Waals surface area contributed by atoms with E-state index in [1.165, 1.54) is 11.3 Å². The van der Waals surface area contributed by atoms with E-state index in [4.69, 9.17) is 5.73 Å². The molecule has 0 unspecified atom stereocenters. The highest BCUT2D eigenvalue weighted by Crippen LogP contribution is 2.28. The van der Waals surface area contributed by atoms with Crippen LogP contribution in [0.5, 0.6) is 0 Å². The summed E-state index contributed by atoms with van der Waals surface area (Å²) in [6.07, 6.45) is 0. The molecule has 2 N–H and O–H groups in total. The molecular weight excluding hydrogens is 242 g/mol. The van der Waals surface area contributed by atoms with Crippen molar-refractivity contribution in [1.82, 2.24) is 9.78 Å². The lowest BCUT2D eigenvalue weighted by Crippen LogP contribution is -2.01. The molecule has 0 spiro atoms. The molecule has 0 aliphatic carbocycles. The molecular formula is C14H19N3S. The molecule has 0 fully saturated rings. The van der Waals surface area contributed by atoms with Crippen LogP contribution in [0.2, 0.25) is 0 Å². The number of nitrogens with two attached hydrogens (primary N) is 1. The van der Waals surface area contributed by atoms with Crippen LogP contribution in [0.3, 0.4) is 0 Å². The van der Waals surface area contributed by atoms with Gasteiger partial charge >= 0.3 is 0 Å². The maximum Gasteiger partial charge on any atom is 0.0596 e. The Bertz CT molecular complexity index is 546. The minimum Gasteiger partial charge on any atom is -0.398 e. The molecule has 0 bridgehead atoms. The lowest BCUT2D eigenvalue weighted by atomic mass is 10.2. The van der Waals surface area contributed by atoms with Gasteiger partial charge in [-0.3, -0.25) is 4.68 Å². The number of rotatable bonds is 4. The SMILES string of the molecule is CCn1nc(C)cc1CSc1ccc(C)cc1N. The molecule has 1 heterocycles. The topological polar surface area (TPSA) is 43.8 Å². The number of aromatic nitrogens is 2. The molecule has 3 nitrogen and oxygen atoms in total. The van der Waals surface area contributed by atoms with Crippen LogP contribution >= 0.6 is 11.8 Å². The summed E-state index contributed by atoms with van der Waals surface area (Å²) >= 11 is 1.77. The Labute approximate surface area is 112 Å². The molecule has 1 aromatic carbocycles. The Kier molecular flexibility index (Phi) is 3.97. The fraction of sp³-hybridized carbons (Fsp3) is 0.357. The number of hydrogen-bond donors (Lipinski definition) is 1. The number of anilines is 1. The average Bonchev–Trinajstić information content (AvgIpc) is 2.68. The number of thioether (sulfide) groups is 1. The summed E-state index contributed by atoms with van der Waals surface area (Å²) in [6, 6.07) is 8.35. The van der Waals surface area contributed by atoms with Crippen molar-refractivity contribution in [2.75, 3.05) is 5.73 Å². The van der Waals surface area contributed by atoms with Gasteiger partial charge in [-0.05, 0) is 44.5 Å². The van der Waals surface area contributed by atoms with Crippen molar-refractivity contribution in [3.05, 3.63) is 41.2 Å². The Morgan fingerprint density at radius 3 is 2.72 bits per heavy atom. The van der Waals surface area contributed by atoms with Crippen LogP contribution in [0.1, 0.15) is 23.9 Å². The molecule has 0 aliphatic rings. The molecule has 2 aromatic rings. The van der Waals surface area contributed by atoms with Gasteiger partial charge in [-0.25, -0.2) is 0 Å². The molecule has 0 radical (unpaired) electrons. The Balaban J connectivity index is 2.11. The van der Waals surface area contributed by atoms with E-state index in [0.717, 1.165) is 28.6 Å². The van der Waals surface area contributed by atoms with Crippen LogP contribution in [-0.2, 0) is 12.3 Å². The molecule has 4 heteroatoms. The number of nitrogens with zero attached hydrogens (tertiary/aromatic N) is 2. The van der Waals surface area contributed by atoms with Crippen LogP contribution in [-0.4, -0.2) is 9.78 Å². The summed E-state index contributed by atoms with van der Waals surface area (Å²) in [5.41, 5.74) is 10.4. The Hall–Kier alpha value is -1.42. The van der Waals surface area contributed by atoms with Gasteiger partial charge < -0.3 is 5.73 Å². The first-order valence-corrected chi connectivity index (χ1v) is 7.11. The zero-order valence-electron chi connectivity index (χ0n) is 11.1. The van der Waals surface area contributed by atoms with E-state index in [-0.39, 0.29) is 0 Å². The Morgan fingerprint density at radius 1 is 1.28 bits per heavy atom. The quantitative estimate of drug-likeness (QED) is 0.677. The van der Waals surface area contributed by atoms with Gasteiger partial charge in [-0.2, -0.15) is 5.10 Å². The normalized spacial score (nSPS) is 10.8. The Morgan fingerprint density at radius 2 is 2.06 bits per heavy atom. The van der Waals surface area contributed by atoms with E-state index in [1.54, 1.807) is 11.8 Å². The number of benzene rings is 1. The first-order chi connectivity index (χ1) is 8.60. The second-order valence-corrected chi connectivity index (χ2v) is 5.44. The molecule has 2 rings (SSSR count). The van der Waals surface area contributed by atoms with Gasteiger partial charge in [-0.1, -0.05) is 6.07 Å². The average molecular weight is 261 g/mol. The van der Waals surface area contributed by atoms with Crippen molar-refractivity contribution in [3.8, 4) is 0 Å². The molecule has 0 amide bonds. The lowest BCUT2D eigenvalue weighted by Gasteiger charge is -2.07. The van der Waals surface area contributed by atoms with Gasteiger partial charge in [0.15, 0.2) is 0 Å². The highest BCUT2D eigenvalue weighted by molar-refractivity contribution is 7.98. The van der Waals surface area contributed by atoms with Crippen molar-refractivity contribution >= 4 is 17.4 Å². The summed E-state index contributed by atoms with van der Waals surface area (Å²) in [5, 5.41) is 4.45.